The van der Waals surface area contributed by atoms with Crippen molar-refractivity contribution in [3.05, 3.63) is 36.0 Å². The number of rotatable bonds is 4. The molecule has 3 aliphatic heterocycles. The van der Waals surface area contributed by atoms with E-state index in [-0.39, 0.29) is 17.5 Å². The molecule has 2 saturated heterocycles. The maximum Gasteiger partial charge on any atom is 0.312 e. The number of nitrogens with one attached hydrogen (secondary N) is 1. The number of cyclic esters (lactones) is 1. The normalized spacial score (nSPS) is 26.6. The van der Waals surface area contributed by atoms with Crippen molar-refractivity contribution in [1.29, 1.82) is 0 Å². The minimum Gasteiger partial charge on any atom is -0.462 e. The number of fused-ring (bicyclic) bond motifs is 1. The van der Waals surface area contributed by atoms with Crippen molar-refractivity contribution in [3.63, 3.8) is 0 Å². The van der Waals surface area contributed by atoms with Gasteiger partial charge in [0, 0.05) is 62.6 Å². The van der Waals surface area contributed by atoms with Crippen LogP contribution in [0.3, 0.4) is 0 Å². The molecule has 5 heteroatoms. The SMILES string of the molecule is C=C1Cc2cc(N3CCN(CCC4CC5(CCCC5)C(=O)O4)CC3)ccc2N1. The van der Waals surface area contributed by atoms with Crippen LogP contribution in [0.5, 0.6) is 0 Å². The van der Waals surface area contributed by atoms with Gasteiger partial charge in [0.15, 0.2) is 0 Å². The summed E-state index contributed by atoms with van der Waals surface area (Å²) in [5, 5.41) is 3.34. The maximum atomic E-state index is 12.3. The predicted octanol–water partition coefficient (Wildman–Crippen LogP) is 3.56. The fraction of sp³-hybridized carbons (Fsp3) is 0.609. The highest BCUT2D eigenvalue weighted by atomic mass is 16.6. The molecule has 1 atom stereocenters. The van der Waals surface area contributed by atoms with E-state index in [1.807, 2.05) is 0 Å². The van der Waals surface area contributed by atoms with Crippen LogP contribution in [0.25, 0.3) is 0 Å². The van der Waals surface area contributed by atoms with Gasteiger partial charge in [-0.15, -0.1) is 0 Å². The van der Waals surface area contributed by atoms with E-state index in [9.17, 15) is 4.79 Å². The van der Waals surface area contributed by atoms with Crippen LogP contribution >= 0.6 is 0 Å². The fourth-order valence-corrected chi connectivity index (χ4v) is 5.52. The topological polar surface area (TPSA) is 44.8 Å². The zero-order valence-electron chi connectivity index (χ0n) is 16.7. The number of anilines is 2. The number of piperazine rings is 1. The first kappa shape index (κ1) is 18.0. The van der Waals surface area contributed by atoms with Gasteiger partial charge < -0.3 is 15.0 Å². The first-order valence-corrected chi connectivity index (χ1v) is 10.9. The van der Waals surface area contributed by atoms with E-state index in [1.54, 1.807) is 0 Å². The Morgan fingerprint density at radius 3 is 2.75 bits per heavy atom. The fourth-order valence-electron chi connectivity index (χ4n) is 5.52. The second-order valence-electron chi connectivity index (χ2n) is 9.08. The van der Waals surface area contributed by atoms with Crippen LogP contribution in [0.15, 0.2) is 30.5 Å². The maximum absolute atomic E-state index is 12.3. The zero-order chi connectivity index (χ0) is 19.1. The zero-order valence-corrected chi connectivity index (χ0v) is 16.7. The average molecular weight is 382 g/mol. The molecule has 5 nitrogen and oxygen atoms in total. The summed E-state index contributed by atoms with van der Waals surface area (Å²) in [5.41, 5.74) is 4.86. The standard InChI is InChI=1S/C23H31N3O2/c1-17-14-18-15-19(4-5-21(18)24-17)26-12-10-25(11-13-26)9-6-20-16-23(22(27)28-20)7-2-3-8-23/h4-5,15,20,24H,1-3,6-14,16H2. The van der Waals surface area contributed by atoms with Gasteiger partial charge in [-0.2, -0.15) is 0 Å². The summed E-state index contributed by atoms with van der Waals surface area (Å²) >= 11 is 0. The van der Waals surface area contributed by atoms with E-state index in [4.69, 9.17) is 4.74 Å². The van der Waals surface area contributed by atoms with Gasteiger partial charge >= 0.3 is 5.97 Å². The molecular weight excluding hydrogens is 350 g/mol. The van der Waals surface area contributed by atoms with Crippen LogP contribution in [-0.4, -0.2) is 49.7 Å². The molecule has 1 saturated carbocycles. The molecule has 1 aromatic carbocycles. The Morgan fingerprint density at radius 1 is 1.18 bits per heavy atom. The van der Waals surface area contributed by atoms with Crippen molar-refractivity contribution in [2.45, 2.75) is 51.0 Å². The van der Waals surface area contributed by atoms with Gasteiger partial charge in [0.2, 0.25) is 0 Å². The number of hydrogen-bond acceptors (Lipinski definition) is 5. The smallest absolute Gasteiger partial charge is 0.312 e. The molecule has 1 spiro atoms. The lowest BCUT2D eigenvalue weighted by Gasteiger charge is -2.36. The third-order valence-corrected chi connectivity index (χ3v) is 7.19. The van der Waals surface area contributed by atoms with E-state index < -0.39 is 0 Å². The van der Waals surface area contributed by atoms with Gasteiger partial charge in [-0.3, -0.25) is 9.69 Å². The summed E-state index contributed by atoms with van der Waals surface area (Å²) < 4.78 is 5.74. The van der Waals surface area contributed by atoms with E-state index in [0.717, 1.165) is 70.5 Å². The van der Waals surface area contributed by atoms with Gasteiger partial charge in [0.05, 0.1) is 5.41 Å². The van der Waals surface area contributed by atoms with Crippen molar-refractivity contribution in [2.24, 2.45) is 5.41 Å². The summed E-state index contributed by atoms with van der Waals surface area (Å²) in [6, 6.07) is 6.72. The first-order valence-electron chi connectivity index (χ1n) is 10.9. The molecule has 150 valence electrons. The summed E-state index contributed by atoms with van der Waals surface area (Å²) in [6.07, 6.45) is 7.49. The molecule has 1 unspecified atom stereocenters. The van der Waals surface area contributed by atoms with Crippen LogP contribution in [0, 0.1) is 5.41 Å². The number of carbonyl (C=O) groups is 1. The number of carbonyl (C=O) groups excluding carboxylic acids is 1. The Bertz CT molecular complexity index is 776. The van der Waals surface area contributed by atoms with Crippen LogP contribution in [-0.2, 0) is 16.0 Å². The predicted molar refractivity (Wildman–Crippen MR) is 112 cm³/mol. The van der Waals surface area contributed by atoms with Crippen LogP contribution in [0.1, 0.15) is 44.1 Å². The molecule has 28 heavy (non-hydrogen) atoms. The van der Waals surface area contributed by atoms with Crippen molar-refractivity contribution in [2.75, 3.05) is 42.9 Å². The Balaban J connectivity index is 1.11. The molecular formula is C23H31N3O2. The van der Waals surface area contributed by atoms with Crippen molar-refractivity contribution < 1.29 is 9.53 Å². The van der Waals surface area contributed by atoms with E-state index in [1.165, 1.54) is 29.8 Å². The highest BCUT2D eigenvalue weighted by Gasteiger charge is 2.50. The number of ether oxygens (including phenoxy) is 1. The Morgan fingerprint density at radius 2 is 1.96 bits per heavy atom. The second kappa shape index (κ2) is 7.11. The summed E-state index contributed by atoms with van der Waals surface area (Å²) in [4.78, 5) is 17.3. The Kier molecular flexibility index (Phi) is 4.58. The first-order chi connectivity index (χ1) is 13.6. The number of allylic oxidation sites excluding steroid dienone is 1. The molecule has 0 bridgehead atoms. The molecule has 0 radical (unpaired) electrons. The van der Waals surface area contributed by atoms with Gasteiger partial charge in [0.1, 0.15) is 6.10 Å². The average Bonchev–Trinajstić information content (AvgIpc) is 3.39. The summed E-state index contributed by atoms with van der Waals surface area (Å²) in [7, 11) is 0. The molecule has 3 fully saturated rings. The molecule has 0 amide bonds. The van der Waals surface area contributed by atoms with E-state index in [2.05, 4.69) is 39.9 Å². The van der Waals surface area contributed by atoms with Crippen LogP contribution < -0.4 is 10.2 Å². The highest BCUT2D eigenvalue weighted by Crippen LogP contribution is 2.48. The molecule has 5 rings (SSSR count). The summed E-state index contributed by atoms with van der Waals surface area (Å²) in [5.74, 6) is 0.0913. The third kappa shape index (κ3) is 3.30. The van der Waals surface area contributed by atoms with Gasteiger partial charge in [0.25, 0.3) is 0 Å². The lowest BCUT2D eigenvalue weighted by atomic mass is 9.83. The summed E-state index contributed by atoms with van der Waals surface area (Å²) in [6.45, 7) is 9.35. The number of benzene rings is 1. The van der Waals surface area contributed by atoms with Crippen LogP contribution in [0.4, 0.5) is 11.4 Å². The molecule has 0 aromatic heterocycles. The van der Waals surface area contributed by atoms with Crippen molar-refractivity contribution >= 4 is 17.3 Å². The highest BCUT2D eigenvalue weighted by molar-refractivity contribution is 5.79. The second-order valence-corrected chi connectivity index (χ2v) is 9.08. The van der Waals surface area contributed by atoms with E-state index >= 15 is 0 Å². The Labute approximate surface area is 167 Å². The molecule has 1 aromatic rings. The van der Waals surface area contributed by atoms with E-state index in [0.29, 0.717) is 0 Å². The van der Waals surface area contributed by atoms with Gasteiger partial charge in [-0.05, 0) is 43.0 Å². The lowest BCUT2D eigenvalue weighted by Crippen LogP contribution is -2.47. The Hall–Kier alpha value is -2.01. The minimum absolute atomic E-state index is 0.0913. The van der Waals surface area contributed by atoms with Crippen LogP contribution in [0.2, 0.25) is 0 Å². The molecule has 1 N–H and O–H groups in total. The molecule has 1 aliphatic carbocycles. The number of esters is 1. The number of nitrogens with zero attached hydrogens (tertiary/aromatic N) is 2. The largest absolute Gasteiger partial charge is 0.462 e. The number of hydrogen-bond donors (Lipinski definition) is 1. The molecule has 4 aliphatic rings. The third-order valence-electron chi connectivity index (χ3n) is 7.19. The minimum atomic E-state index is -0.114. The quantitative estimate of drug-likeness (QED) is 0.808. The van der Waals surface area contributed by atoms with Crippen molar-refractivity contribution in [3.8, 4) is 0 Å². The monoisotopic (exact) mass is 381 g/mol. The van der Waals surface area contributed by atoms with Gasteiger partial charge in [-0.25, -0.2) is 0 Å². The van der Waals surface area contributed by atoms with Crippen molar-refractivity contribution in [1.82, 2.24) is 4.90 Å². The van der Waals surface area contributed by atoms with Gasteiger partial charge in [-0.1, -0.05) is 19.4 Å². The molecule has 3 heterocycles. The lowest BCUT2D eigenvalue weighted by molar-refractivity contribution is -0.148.